The highest BCUT2D eigenvalue weighted by Gasteiger charge is 1.96. The van der Waals surface area contributed by atoms with Crippen molar-refractivity contribution in [1.82, 2.24) is 0 Å². The fourth-order valence-corrected chi connectivity index (χ4v) is 0.960. The zero-order chi connectivity index (χ0) is 8.81. The quantitative estimate of drug-likeness (QED) is 0.535. The first-order valence-electron chi connectivity index (χ1n) is 3.68. The van der Waals surface area contributed by atoms with Gasteiger partial charge in [0.2, 0.25) is 0 Å². The number of ether oxygens (including phenoxy) is 1. The first-order chi connectivity index (χ1) is 5.88. The number of allylic oxidation sites excluding steroid dienone is 1. The molecule has 1 rings (SSSR count). The van der Waals surface area contributed by atoms with Crippen molar-refractivity contribution in [3.8, 4) is 0 Å². The van der Waals surface area contributed by atoms with Crippen LogP contribution in [0.4, 0.5) is 0 Å². The highest BCUT2D eigenvalue weighted by Crippen LogP contribution is 2.12. The molecule has 0 aromatic heterocycles. The van der Waals surface area contributed by atoms with Crippen LogP contribution < -0.4 is 0 Å². The molecule has 1 N–H and O–H groups in total. The van der Waals surface area contributed by atoms with Crippen molar-refractivity contribution in [1.29, 1.82) is 5.41 Å². The Bertz CT molecular complexity index is 277. The van der Waals surface area contributed by atoms with Crippen LogP contribution >= 0.6 is 0 Å². The van der Waals surface area contributed by atoms with Gasteiger partial charge in [0.25, 0.3) is 0 Å². The van der Waals surface area contributed by atoms with Crippen molar-refractivity contribution in [3.05, 3.63) is 42.0 Å². The van der Waals surface area contributed by atoms with Crippen LogP contribution in [0.3, 0.4) is 0 Å². The predicted octanol–water partition coefficient (Wildman–Crippen LogP) is 2.32. The number of methoxy groups -OCH3 is 1. The minimum atomic E-state index is 0.714. The summed E-state index contributed by atoms with van der Waals surface area (Å²) < 4.78 is 5.09. The number of rotatable bonds is 3. The Labute approximate surface area is 72.0 Å². The smallest absolute Gasteiger partial charge is 0.127 e. The van der Waals surface area contributed by atoms with E-state index < -0.39 is 0 Å². The molecule has 0 radical (unpaired) electrons. The topological polar surface area (TPSA) is 33.1 Å². The number of hydrogen-bond donors (Lipinski definition) is 1. The molecule has 2 nitrogen and oxygen atoms in total. The molecule has 0 atom stereocenters. The second kappa shape index (κ2) is 4.34. The molecule has 1 aromatic rings. The van der Waals surface area contributed by atoms with Crippen molar-refractivity contribution in [2.75, 3.05) is 7.11 Å². The Hall–Kier alpha value is -1.57. The first kappa shape index (κ1) is 8.53. The summed E-state index contributed by atoms with van der Waals surface area (Å²) >= 11 is 0. The van der Waals surface area contributed by atoms with E-state index >= 15 is 0 Å². The summed E-state index contributed by atoms with van der Waals surface area (Å²) in [6, 6.07) is 9.71. The molecular formula is C10H11NO. The summed E-state index contributed by atoms with van der Waals surface area (Å²) in [5.74, 6) is 0.714. The standard InChI is InChI=1S/C10H11NO/c1-12-10(7-8-11)9-5-3-2-4-6-9/h2-8,11H,1H3/b10-7-,11-8?. The lowest BCUT2D eigenvalue weighted by Crippen LogP contribution is -1.86. The number of hydrogen-bond acceptors (Lipinski definition) is 2. The van der Waals surface area contributed by atoms with Gasteiger partial charge in [-0.15, -0.1) is 0 Å². The van der Waals surface area contributed by atoms with Gasteiger partial charge in [-0.25, -0.2) is 0 Å². The lowest BCUT2D eigenvalue weighted by Gasteiger charge is -2.03. The van der Waals surface area contributed by atoms with Crippen LogP contribution in [-0.2, 0) is 4.74 Å². The van der Waals surface area contributed by atoms with E-state index in [2.05, 4.69) is 0 Å². The van der Waals surface area contributed by atoms with Crippen LogP contribution in [0.15, 0.2) is 36.4 Å². The number of nitrogens with one attached hydrogen (secondary N) is 1. The molecule has 0 aliphatic heterocycles. The van der Waals surface area contributed by atoms with Gasteiger partial charge in [-0.2, -0.15) is 0 Å². The normalized spacial score (nSPS) is 10.9. The van der Waals surface area contributed by atoms with Gasteiger partial charge < -0.3 is 10.1 Å². The molecular weight excluding hydrogens is 150 g/mol. The van der Waals surface area contributed by atoms with Gasteiger partial charge in [-0.3, -0.25) is 0 Å². The van der Waals surface area contributed by atoms with Crippen molar-refractivity contribution in [2.45, 2.75) is 0 Å². The monoisotopic (exact) mass is 161 g/mol. The second-order valence-corrected chi connectivity index (χ2v) is 2.27. The van der Waals surface area contributed by atoms with E-state index in [0.717, 1.165) is 5.56 Å². The van der Waals surface area contributed by atoms with Crippen molar-refractivity contribution >= 4 is 12.0 Å². The average Bonchev–Trinajstić information content (AvgIpc) is 2.15. The van der Waals surface area contributed by atoms with Crippen LogP contribution in [0.1, 0.15) is 5.56 Å². The molecule has 1 aromatic carbocycles. The van der Waals surface area contributed by atoms with Gasteiger partial charge in [-0.1, -0.05) is 30.3 Å². The van der Waals surface area contributed by atoms with Crippen LogP contribution in [0.5, 0.6) is 0 Å². The Morgan fingerprint density at radius 2 is 2.00 bits per heavy atom. The van der Waals surface area contributed by atoms with Crippen molar-refractivity contribution < 1.29 is 4.74 Å². The van der Waals surface area contributed by atoms with E-state index in [1.54, 1.807) is 13.2 Å². The molecule has 0 unspecified atom stereocenters. The van der Waals surface area contributed by atoms with Crippen LogP contribution in [0.25, 0.3) is 5.76 Å². The minimum Gasteiger partial charge on any atom is -0.496 e. The van der Waals surface area contributed by atoms with E-state index in [9.17, 15) is 0 Å². The van der Waals surface area contributed by atoms with Gasteiger partial charge in [0, 0.05) is 11.8 Å². The third-order valence-corrected chi connectivity index (χ3v) is 1.51. The molecule has 0 aliphatic rings. The van der Waals surface area contributed by atoms with Gasteiger partial charge >= 0.3 is 0 Å². The van der Waals surface area contributed by atoms with Crippen LogP contribution in [0.2, 0.25) is 0 Å². The largest absolute Gasteiger partial charge is 0.496 e. The van der Waals surface area contributed by atoms with Crippen molar-refractivity contribution in [2.24, 2.45) is 0 Å². The first-order valence-corrected chi connectivity index (χ1v) is 3.68. The highest BCUT2D eigenvalue weighted by molar-refractivity contribution is 5.80. The Morgan fingerprint density at radius 3 is 2.50 bits per heavy atom. The maximum absolute atomic E-state index is 6.90. The Balaban J connectivity index is 2.95. The van der Waals surface area contributed by atoms with Crippen molar-refractivity contribution in [3.63, 3.8) is 0 Å². The third-order valence-electron chi connectivity index (χ3n) is 1.51. The highest BCUT2D eigenvalue weighted by atomic mass is 16.5. The summed E-state index contributed by atoms with van der Waals surface area (Å²) in [5, 5.41) is 6.90. The molecule has 62 valence electrons. The van der Waals surface area contributed by atoms with Gasteiger partial charge in [0.05, 0.1) is 7.11 Å². The maximum Gasteiger partial charge on any atom is 0.127 e. The molecule has 0 saturated heterocycles. The van der Waals surface area contributed by atoms with E-state index in [0.29, 0.717) is 5.76 Å². The average molecular weight is 161 g/mol. The zero-order valence-corrected chi connectivity index (χ0v) is 6.95. The Kier molecular flexibility index (Phi) is 3.08. The lowest BCUT2D eigenvalue weighted by molar-refractivity contribution is 0.370. The van der Waals surface area contributed by atoms with E-state index in [4.69, 9.17) is 10.1 Å². The summed E-state index contributed by atoms with van der Waals surface area (Å²) in [5.41, 5.74) is 0.989. The summed E-state index contributed by atoms with van der Waals surface area (Å²) in [4.78, 5) is 0. The molecule has 0 heterocycles. The van der Waals surface area contributed by atoms with Gasteiger partial charge in [-0.05, 0) is 6.08 Å². The molecule has 0 amide bonds. The third kappa shape index (κ3) is 1.95. The summed E-state index contributed by atoms with van der Waals surface area (Å²) in [6.45, 7) is 0. The Morgan fingerprint density at radius 1 is 1.33 bits per heavy atom. The lowest BCUT2D eigenvalue weighted by atomic mass is 10.2. The molecule has 0 saturated carbocycles. The van der Waals surface area contributed by atoms with E-state index in [-0.39, 0.29) is 0 Å². The maximum atomic E-state index is 6.90. The summed E-state index contributed by atoms with van der Waals surface area (Å²) in [7, 11) is 1.60. The molecule has 0 fully saturated rings. The molecule has 0 aliphatic carbocycles. The SMILES string of the molecule is CO/C(=C\C=N)c1ccccc1. The minimum absolute atomic E-state index is 0.714. The summed E-state index contributed by atoms with van der Waals surface area (Å²) in [6.07, 6.45) is 2.83. The van der Waals surface area contributed by atoms with Gasteiger partial charge in [0.15, 0.2) is 0 Å². The molecule has 0 spiro atoms. The predicted molar refractivity (Wildman–Crippen MR) is 50.2 cm³/mol. The van der Waals surface area contributed by atoms with Crippen LogP contribution in [-0.4, -0.2) is 13.3 Å². The van der Waals surface area contributed by atoms with E-state index in [1.165, 1.54) is 6.21 Å². The molecule has 2 heteroatoms. The fraction of sp³-hybridized carbons (Fsp3) is 0.100. The fourth-order valence-electron chi connectivity index (χ4n) is 0.960. The zero-order valence-electron chi connectivity index (χ0n) is 6.95. The second-order valence-electron chi connectivity index (χ2n) is 2.27. The molecule has 12 heavy (non-hydrogen) atoms. The van der Waals surface area contributed by atoms with E-state index in [1.807, 2.05) is 30.3 Å². The number of benzene rings is 1. The van der Waals surface area contributed by atoms with Crippen LogP contribution in [0, 0.1) is 5.41 Å². The van der Waals surface area contributed by atoms with Gasteiger partial charge in [0.1, 0.15) is 5.76 Å². The molecule has 0 bridgehead atoms.